The minimum atomic E-state index is -0.271. The highest BCUT2D eigenvalue weighted by Gasteiger charge is 2.29. The summed E-state index contributed by atoms with van der Waals surface area (Å²) in [6, 6.07) is 0. The molecule has 0 aliphatic carbocycles. The van der Waals surface area contributed by atoms with E-state index in [2.05, 4.69) is 0 Å². The molecule has 0 aromatic heterocycles. The van der Waals surface area contributed by atoms with Crippen molar-refractivity contribution < 1.29 is 33.4 Å². The van der Waals surface area contributed by atoms with E-state index in [4.69, 9.17) is 23.8 Å². The van der Waals surface area contributed by atoms with Crippen LogP contribution in [0.5, 0.6) is 0 Å². The topological polar surface area (TPSA) is 83.5 Å². The molecule has 0 atom stereocenters. The second kappa shape index (κ2) is 12.5. The van der Waals surface area contributed by atoms with Gasteiger partial charge in [-0.05, 0) is 6.42 Å². The molecule has 1 aliphatic rings. The first-order valence-electron chi connectivity index (χ1n) is 7.46. The standard InChI is InChI=1S/C14H25NO7/c1-18-7-8-20-11-12-21-10-9-19-5-2-6-22-15-13(16)3-4-14(15)17/h2-12H2,1H3. The Kier molecular flexibility index (Phi) is 10.8. The SMILES string of the molecule is COCCOCCOCCOCCCON1C(=O)CCC1=O. The van der Waals surface area contributed by atoms with E-state index < -0.39 is 0 Å². The fourth-order valence-electron chi connectivity index (χ4n) is 1.70. The van der Waals surface area contributed by atoms with Crippen LogP contribution >= 0.6 is 0 Å². The monoisotopic (exact) mass is 319 g/mol. The third kappa shape index (κ3) is 8.40. The second-order valence-corrected chi connectivity index (χ2v) is 4.60. The van der Waals surface area contributed by atoms with Crippen LogP contribution in [0.3, 0.4) is 0 Å². The quantitative estimate of drug-likeness (QED) is 0.333. The highest BCUT2D eigenvalue weighted by Crippen LogP contribution is 2.11. The largest absolute Gasteiger partial charge is 0.382 e. The average molecular weight is 319 g/mol. The highest BCUT2D eigenvalue weighted by atomic mass is 16.7. The second-order valence-electron chi connectivity index (χ2n) is 4.60. The van der Waals surface area contributed by atoms with Crippen LogP contribution in [0.1, 0.15) is 19.3 Å². The van der Waals surface area contributed by atoms with E-state index in [9.17, 15) is 9.59 Å². The van der Waals surface area contributed by atoms with Gasteiger partial charge >= 0.3 is 0 Å². The van der Waals surface area contributed by atoms with E-state index in [1.165, 1.54) is 0 Å². The molecular formula is C14H25NO7. The van der Waals surface area contributed by atoms with Gasteiger partial charge in [-0.3, -0.25) is 14.4 Å². The van der Waals surface area contributed by atoms with E-state index >= 15 is 0 Å². The van der Waals surface area contributed by atoms with Gasteiger partial charge in [0.15, 0.2) is 0 Å². The summed E-state index contributed by atoms with van der Waals surface area (Å²) in [7, 11) is 1.63. The van der Waals surface area contributed by atoms with E-state index in [1.54, 1.807) is 7.11 Å². The van der Waals surface area contributed by atoms with Crippen molar-refractivity contribution in [3.8, 4) is 0 Å². The van der Waals surface area contributed by atoms with Crippen molar-refractivity contribution in [2.24, 2.45) is 0 Å². The summed E-state index contributed by atoms with van der Waals surface area (Å²) in [5.41, 5.74) is 0. The lowest BCUT2D eigenvalue weighted by Crippen LogP contribution is -2.29. The summed E-state index contributed by atoms with van der Waals surface area (Å²) < 4.78 is 20.7. The van der Waals surface area contributed by atoms with Gasteiger partial charge in [-0.15, -0.1) is 0 Å². The van der Waals surface area contributed by atoms with Crippen LogP contribution in [0.4, 0.5) is 0 Å². The molecule has 0 spiro atoms. The molecular weight excluding hydrogens is 294 g/mol. The van der Waals surface area contributed by atoms with Crippen molar-refractivity contribution in [1.29, 1.82) is 0 Å². The molecule has 1 fully saturated rings. The van der Waals surface area contributed by atoms with Crippen molar-refractivity contribution in [2.75, 3.05) is 60.0 Å². The summed E-state index contributed by atoms with van der Waals surface area (Å²) in [5, 5.41) is 0.854. The molecule has 1 heterocycles. The Bertz CT molecular complexity index is 308. The predicted molar refractivity (Wildman–Crippen MR) is 76.0 cm³/mol. The molecule has 0 unspecified atom stereocenters. The molecule has 0 aromatic rings. The number of carbonyl (C=O) groups excluding carboxylic acids is 2. The molecule has 1 rings (SSSR count). The Morgan fingerprint density at radius 1 is 0.773 bits per heavy atom. The van der Waals surface area contributed by atoms with Crippen LogP contribution in [-0.2, 0) is 33.4 Å². The number of hydrogen-bond acceptors (Lipinski definition) is 7. The zero-order chi connectivity index (χ0) is 16.0. The third-order valence-electron chi connectivity index (χ3n) is 2.83. The number of hydrogen-bond donors (Lipinski definition) is 0. The van der Waals surface area contributed by atoms with Crippen molar-refractivity contribution in [3.05, 3.63) is 0 Å². The van der Waals surface area contributed by atoms with Gasteiger partial charge in [0.2, 0.25) is 0 Å². The normalized spacial score (nSPS) is 15.0. The molecule has 0 aromatic carbocycles. The molecule has 1 aliphatic heterocycles. The van der Waals surface area contributed by atoms with Gasteiger partial charge in [-0.2, -0.15) is 5.06 Å². The molecule has 128 valence electrons. The zero-order valence-corrected chi connectivity index (χ0v) is 13.1. The van der Waals surface area contributed by atoms with Gasteiger partial charge in [0.25, 0.3) is 11.8 Å². The molecule has 0 radical (unpaired) electrons. The summed E-state index contributed by atoms with van der Waals surface area (Å²) in [5.74, 6) is -0.543. The predicted octanol–water partition coefficient (Wildman–Crippen LogP) is 0.153. The summed E-state index contributed by atoms with van der Waals surface area (Å²) >= 11 is 0. The first-order chi connectivity index (χ1) is 10.8. The summed E-state index contributed by atoms with van der Waals surface area (Å²) in [4.78, 5) is 27.6. The number of methoxy groups -OCH3 is 1. The Labute approximate surface area is 130 Å². The minimum Gasteiger partial charge on any atom is -0.382 e. The van der Waals surface area contributed by atoms with Crippen LogP contribution in [0.2, 0.25) is 0 Å². The molecule has 22 heavy (non-hydrogen) atoms. The van der Waals surface area contributed by atoms with Gasteiger partial charge in [-0.1, -0.05) is 0 Å². The van der Waals surface area contributed by atoms with E-state index in [1.807, 2.05) is 0 Å². The average Bonchev–Trinajstić information content (AvgIpc) is 2.83. The number of carbonyl (C=O) groups is 2. The zero-order valence-electron chi connectivity index (χ0n) is 13.1. The van der Waals surface area contributed by atoms with Crippen LogP contribution in [0.25, 0.3) is 0 Å². The maximum absolute atomic E-state index is 11.2. The lowest BCUT2D eigenvalue weighted by molar-refractivity contribution is -0.188. The van der Waals surface area contributed by atoms with Gasteiger partial charge in [-0.25, -0.2) is 0 Å². The summed E-state index contributed by atoms with van der Waals surface area (Å²) in [6.07, 6.45) is 1.08. The number of nitrogens with zero attached hydrogens (tertiary/aromatic N) is 1. The van der Waals surface area contributed by atoms with Gasteiger partial charge in [0, 0.05) is 26.6 Å². The van der Waals surface area contributed by atoms with Crippen molar-refractivity contribution in [3.63, 3.8) is 0 Å². The Hall–Kier alpha value is -1.06. The summed E-state index contributed by atoms with van der Waals surface area (Å²) in [6.45, 7) is 3.97. The van der Waals surface area contributed by atoms with Crippen LogP contribution in [0.15, 0.2) is 0 Å². The highest BCUT2D eigenvalue weighted by molar-refractivity contribution is 6.00. The number of hydroxylamine groups is 2. The molecule has 0 bridgehead atoms. The van der Waals surface area contributed by atoms with Crippen LogP contribution < -0.4 is 0 Å². The number of amides is 2. The Balaban J connectivity index is 1.78. The maximum Gasteiger partial charge on any atom is 0.253 e. The molecule has 0 N–H and O–H groups in total. The lowest BCUT2D eigenvalue weighted by Gasteiger charge is -2.13. The lowest BCUT2D eigenvalue weighted by atomic mass is 10.4. The van der Waals surface area contributed by atoms with Crippen LogP contribution in [0, 0.1) is 0 Å². The molecule has 0 saturated carbocycles. The van der Waals surface area contributed by atoms with E-state index in [0.717, 1.165) is 5.06 Å². The smallest absolute Gasteiger partial charge is 0.253 e. The third-order valence-corrected chi connectivity index (χ3v) is 2.83. The van der Waals surface area contributed by atoms with Gasteiger partial charge in [0.1, 0.15) is 0 Å². The van der Waals surface area contributed by atoms with Crippen molar-refractivity contribution in [1.82, 2.24) is 5.06 Å². The Morgan fingerprint density at radius 2 is 1.27 bits per heavy atom. The number of ether oxygens (including phenoxy) is 4. The molecule has 1 saturated heterocycles. The van der Waals surface area contributed by atoms with Crippen molar-refractivity contribution in [2.45, 2.75) is 19.3 Å². The Morgan fingerprint density at radius 3 is 1.82 bits per heavy atom. The number of rotatable bonds is 14. The van der Waals surface area contributed by atoms with Crippen LogP contribution in [-0.4, -0.2) is 76.8 Å². The van der Waals surface area contributed by atoms with Gasteiger partial charge in [0.05, 0.1) is 46.2 Å². The fourth-order valence-corrected chi connectivity index (χ4v) is 1.70. The molecule has 8 nitrogen and oxygen atoms in total. The molecule has 2 amide bonds. The maximum atomic E-state index is 11.2. The first-order valence-corrected chi connectivity index (χ1v) is 7.46. The van der Waals surface area contributed by atoms with Crippen molar-refractivity contribution >= 4 is 11.8 Å². The fraction of sp³-hybridized carbons (Fsp3) is 0.857. The van der Waals surface area contributed by atoms with Gasteiger partial charge < -0.3 is 18.9 Å². The first kappa shape index (κ1) is 19.0. The molecule has 8 heteroatoms. The number of imide groups is 1. The van der Waals surface area contributed by atoms with E-state index in [0.29, 0.717) is 52.7 Å². The minimum absolute atomic E-state index is 0.238. The van der Waals surface area contributed by atoms with E-state index in [-0.39, 0.29) is 31.3 Å².